The fraction of sp³-hybridized carbons (Fsp3) is 0. The molecule has 3 aromatic rings. The van der Waals surface area contributed by atoms with Crippen molar-refractivity contribution in [3.05, 3.63) is 64.8 Å². The summed E-state index contributed by atoms with van der Waals surface area (Å²) in [5.74, 6) is 0.690. The Morgan fingerprint density at radius 1 is 1.06 bits per heavy atom. The van der Waals surface area contributed by atoms with Crippen molar-refractivity contribution in [1.29, 1.82) is 1.43 Å². The number of fused-ring (bicyclic) bond motifs is 1. The molecule has 0 amide bonds. The van der Waals surface area contributed by atoms with Gasteiger partial charge in [0.15, 0.2) is 16.8 Å². The van der Waals surface area contributed by atoms with Crippen LogP contribution in [0.3, 0.4) is 0 Å². The molecule has 0 atom stereocenters. The first kappa shape index (κ1) is 9.48. The maximum atomic E-state index is 12.1. The predicted octanol–water partition coefficient (Wildman–Crippen LogP) is 3.17. The number of benzene rings is 2. The highest BCUT2D eigenvalue weighted by atomic mass is 16.4. The zero-order valence-corrected chi connectivity index (χ0v) is 9.42. The maximum absolute atomic E-state index is 12.1. The van der Waals surface area contributed by atoms with E-state index in [9.17, 15) is 4.79 Å². The van der Waals surface area contributed by atoms with Gasteiger partial charge in [0.05, 0.1) is 5.39 Å². The molecule has 2 aromatic carbocycles. The third-order valence-electron chi connectivity index (χ3n) is 2.78. The Morgan fingerprint density at radius 2 is 1.89 bits per heavy atom. The Morgan fingerprint density at radius 3 is 2.67 bits per heavy atom. The molecule has 3 nitrogen and oxygen atoms in total. The van der Waals surface area contributed by atoms with Crippen LogP contribution in [0.15, 0.2) is 63.8 Å². The highest BCUT2D eigenvalue weighted by Crippen LogP contribution is 2.27. The van der Waals surface area contributed by atoms with E-state index in [-0.39, 0.29) is 11.2 Å². The Hall–Kier alpha value is -2.55. The molecular weight excluding hydrogens is 228 g/mol. The van der Waals surface area contributed by atoms with Gasteiger partial charge >= 0.3 is 0 Å². The summed E-state index contributed by atoms with van der Waals surface area (Å²) in [5, 5.41) is 4.90. The summed E-state index contributed by atoms with van der Waals surface area (Å²) < 4.78 is 12.7. The van der Waals surface area contributed by atoms with Crippen LogP contribution in [-0.2, 0) is 0 Å². The van der Waals surface area contributed by atoms with E-state index in [1.54, 1.807) is 18.2 Å². The van der Waals surface area contributed by atoms with E-state index in [2.05, 4.69) is 5.11 Å². The van der Waals surface area contributed by atoms with Crippen LogP contribution >= 0.6 is 0 Å². The fourth-order valence-corrected chi connectivity index (χ4v) is 1.90. The Balaban J connectivity index is 2.33. The Bertz CT molecular complexity index is 778. The minimum Gasteiger partial charge on any atom is -0.504 e. The third-order valence-corrected chi connectivity index (χ3v) is 2.78. The first-order valence-corrected chi connectivity index (χ1v) is 5.55. The molecule has 0 aliphatic heterocycles. The monoisotopic (exact) mass is 239 g/mol. The summed E-state index contributed by atoms with van der Waals surface area (Å²) in [6.07, 6.45) is 0. The van der Waals surface area contributed by atoms with E-state index >= 15 is 0 Å². The second-order valence-corrected chi connectivity index (χ2v) is 3.97. The lowest BCUT2D eigenvalue weighted by Gasteiger charge is -2.04. The molecule has 18 heavy (non-hydrogen) atoms. The van der Waals surface area contributed by atoms with Crippen LogP contribution in [0.5, 0.6) is 5.75 Å². The highest BCUT2D eigenvalue weighted by molar-refractivity contribution is 5.83. The number of aromatic hydroxyl groups is 1. The SMILES string of the molecule is [2H]Oc1cccc2c(=O)cc(-c3ccccc3)oc12. The molecule has 1 aromatic heterocycles. The molecule has 0 unspecified atom stereocenters. The summed E-state index contributed by atoms with van der Waals surface area (Å²) in [4.78, 5) is 12.1. The molecular formula is C15H10O3. The van der Waals surface area contributed by atoms with E-state index in [0.29, 0.717) is 16.7 Å². The van der Waals surface area contributed by atoms with Crippen LogP contribution in [0.25, 0.3) is 22.3 Å². The molecule has 0 aliphatic carbocycles. The van der Waals surface area contributed by atoms with Crippen molar-refractivity contribution < 1.29 is 9.53 Å². The second kappa shape index (κ2) is 4.04. The van der Waals surface area contributed by atoms with Gasteiger partial charge < -0.3 is 9.53 Å². The third kappa shape index (κ3) is 1.66. The van der Waals surface area contributed by atoms with Crippen molar-refractivity contribution >= 4 is 11.0 Å². The molecule has 1 N–H and O–H groups in total. The minimum atomic E-state index is -0.154. The van der Waals surface area contributed by atoms with Gasteiger partial charge in [-0.15, -0.1) is 0 Å². The highest BCUT2D eigenvalue weighted by Gasteiger charge is 2.09. The number of phenolic OH excluding ortho intramolecular Hbond substituents is 1. The van der Waals surface area contributed by atoms with Crippen molar-refractivity contribution in [3.8, 4) is 17.1 Å². The second-order valence-electron chi connectivity index (χ2n) is 3.97. The minimum absolute atomic E-state index is 0.154. The van der Waals surface area contributed by atoms with E-state index in [1.165, 1.54) is 6.07 Å². The average molecular weight is 239 g/mol. The normalized spacial score (nSPS) is 11.2. The molecule has 0 spiro atoms. The van der Waals surface area contributed by atoms with Crippen molar-refractivity contribution in [2.45, 2.75) is 0 Å². The zero-order valence-electron chi connectivity index (χ0n) is 10.4. The number of rotatable bonds is 2. The van der Waals surface area contributed by atoms with Crippen molar-refractivity contribution in [2.24, 2.45) is 0 Å². The quantitative estimate of drug-likeness (QED) is 0.747. The Labute approximate surface area is 104 Å². The van der Waals surface area contributed by atoms with Gasteiger partial charge in [-0.3, -0.25) is 4.79 Å². The molecule has 0 aliphatic rings. The summed E-state index contributed by atoms with van der Waals surface area (Å²) in [7, 11) is 0. The smallest absolute Gasteiger partial charge is 0.293 e. The van der Waals surface area contributed by atoms with Gasteiger partial charge in [-0.2, -0.15) is 0 Å². The fourth-order valence-electron chi connectivity index (χ4n) is 1.90. The lowest BCUT2D eigenvalue weighted by molar-refractivity contribution is 0.464. The van der Waals surface area contributed by atoms with Gasteiger partial charge in [0.25, 0.3) is 1.43 Å². The summed E-state index contributed by atoms with van der Waals surface area (Å²) >= 11 is 0. The van der Waals surface area contributed by atoms with Gasteiger partial charge in [0.2, 0.25) is 0 Å². The van der Waals surface area contributed by atoms with E-state index in [1.807, 2.05) is 30.3 Å². The molecule has 3 rings (SSSR count). The maximum Gasteiger partial charge on any atom is 0.293 e. The molecule has 0 bridgehead atoms. The number of hydrogen-bond donors (Lipinski definition) is 1. The van der Waals surface area contributed by atoms with Crippen LogP contribution in [0.4, 0.5) is 0 Å². The lowest BCUT2D eigenvalue weighted by atomic mass is 10.1. The largest absolute Gasteiger partial charge is 0.504 e. The molecule has 88 valence electrons. The van der Waals surface area contributed by atoms with Crippen LogP contribution in [0.1, 0.15) is 0 Å². The number of para-hydroxylation sites is 1. The molecule has 1 heterocycles. The van der Waals surface area contributed by atoms with Crippen molar-refractivity contribution in [1.82, 2.24) is 0 Å². The van der Waals surface area contributed by atoms with Crippen molar-refractivity contribution in [2.75, 3.05) is 0 Å². The average Bonchev–Trinajstić information content (AvgIpc) is 2.47. The number of phenols is 1. The van der Waals surface area contributed by atoms with Gasteiger partial charge in [0.1, 0.15) is 5.76 Å². The zero-order chi connectivity index (χ0) is 13.2. The first-order chi connectivity index (χ1) is 9.29. The van der Waals surface area contributed by atoms with Gasteiger partial charge in [-0.05, 0) is 12.1 Å². The van der Waals surface area contributed by atoms with E-state index in [4.69, 9.17) is 5.85 Å². The standard InChI is InChI=1S/C15H10O3/c16-12-8-4-7-11-13(17)9-14(18-15(11)12)10-5-2-1-3-6-10/h1-9,16H/i/hD. The van der Waals surface area contributed by atoms with E-state index < -0.39 is 0 Å². The molecule has 0 radical (unpaired) electrons. The van der Waals surface area contributed by atoms with Crippen molar-refractivity contribution in [3.63, 3.8) is 0 Å². The Kier molecular flexibility index (Phi) is 2.12. The van der Waals surface area contributed by atoms with Gasteiger partial charge in [-0.25, -0.2) is 0 Å². The summed E-state index contributed by atoms with van der Waals surface area (Å²) in [5.41, 5.74) is 0.948. The molecule has 0 saturated heterocycles. The molecule has 3 heteroatoms. The van der Waals surface area contributed by atoms with Crippen LogP contribution < -0.4 is 5.43 Å². The van der Waals surface area contributed by atoms with E-state index in [0.717, 1.165) is 5.56 Å². The van der Waals surface area contributed by atoms with Gasteiger partial charge in [-0.1, -0.05) is 36.4 Å². The summed E-state index contributed by atoms with van der Waals surface area (Å²) in [6, 6.07) is 15.7. The lowest BCUT2D eigenvalue weighted by Crippen LogP contribution is -2.00. The first-order valence-electron chi connectivity index (χ1n) is 5.96. The van der Waals surface area contributed by atoms with Gasteiger partial charge in [0, 0.05) is 11.6 Å². The van der Waals surface area contributed by atoms with Crippen LogP contribution in [0.2, 0.25) is 0 Å². The van der Waals surface area contributed by atoms with Crippen LogP contribution in [-0.4, -0.2) is 6.54 Å². The topological polar surface area (TPSA) is 50.4 Å². The molecule has 0 saturated carbocycles. The number of hydrogen-bond acceptors (Lipinski definition) is 3. The summed E-state index contributed by atoms with van der Waals surface area (Å²) in [6.45, 7) is 0. The predicted molar refractivity (Wildman–Crippen MR) is 69.6 cm³/mol. The molecule has 0 fully saturated rings. The van der Waals surface area contributed by atoms with Crippen LogP contribution in [0, 0.1) is 0 Å².